The van der Waals surface area contributed by atoms with Crippen molar-refractivity contribution in [3.63, 3.8) is 0 Å². The van der Waals surface area contributed by atoms with Gasteiger partial charge in [0.1, 0.15) is 5.75 Å². The largest absolute Gasteiger partial charge is 0.496 e. The molecule has 1 aromatic carbocycles. The number of rotatable bonds is 5. The number of hydrogen-bond donors (Lipinski definition) is 1. The topological polar surface area (TPSA) is 21.3 Å². The highest BCUT2D eigenvalue weighted by Crippen LogP contribution is 2.31. The Balaban J connectivity index is 2.01. The molecule has 3 heteroatoms. The summed E-state index contributed by atoms with van der Waals surface area (Å²) < 4.78 is 6.56. The first kappa shape index (κ1) is 15.8. The lowest BCUT2D eigenvalue weighted by atomic mass is 9.78. The second-order valence-electron chi connectivity index (χ2n) is 6.14. The van der Waals surface area contributed by atoms with E-state index >= 15 is 0 Å². The van der Waals surface area contributed by atoms with E-state index in [4.69, 9.17) is 4.74 Å². The Hall–Kier alpha value is -0.540. The molecule has 0 heterocycles. The van der Waals surface area contributed by atoms with Gasteiger partial charge in [-0.1, -0.05) is 42.6 Å². The minimum atomic E-state index is 0.646. The average Bonchev–Trinajstić information content (AvgIpc) is 2.45. The lowest BCUT2D eigenvalue weighted by Crippen LogP contribution is -2.40. The summed E-state index contributed by atoms with van der Waals surface area (Å²) in [6, 6.07) is 6.85. The Bertz CT molecular complexity index is 433. The summed E-state index contributed by atoms with van der Waals surface area (Å²) in [5.41, 5.74) is 1.23. The van der Waals surface area contributed by atoms with Gasteiger partial charge < -0.3 is 10.1 Å². The molecule has 112 valence electrons. The van der Waals surface area contributed by atoms with E-state index < -0.39 is 0 Å². The highest BCUT2D eigenvalue weighted by Gasteiger charge is 2.27. The van der Waals surface area contributed by atoms with Crippen LogP contribution in [0.1, 0.15) is 45.1 Å². The zero-order valence-corrected chi connectivity index (χ0v) is 14.4. The fraction of sp³-hybridized carbons (Fsp3) is 0.647. The van der Waals surface area contributed by atoms with Gasteiger partial charge in [0, 0.05) is 22.6 Å². The summed E-state index contributed by atoms with van der Waals surface area (Å²) >= 11 is 3.54. The first-order chi connectivity index (χ1) is 9.61. The number of benzene rings is 1. The third-order valence-electron chi connectivity index (χ3n) is 4.47. The van der Waals surface area contributed by atoms with Crippen LogP contribution in [0, 0.1) is 11.8 Å². The van der Waals surface area contributed by atoms with Crippen LogP contribution in [0.25, 0.3) is 0 Å². The third kappa shape index (κ3) is 3.98. The molecule has 2 atom stereocenters. The fourth-order valence-electron chi connectivity index (χ4n) is 3.34. The maximum absolute atomic E-state index is 5.45. The Morgan fingerprint density at radius 3 is 2.75 bits per heavy atom. The van der Waals surface area contributed by atoms with Crippen LogP contribution in [0.5, 0.6) is 5.75 Å². The molecule has 0 spiro atoms. The highest BCUT2D eigenvalue weighted by molar-refractivity contribution is 9.10. The molecule has 0 saturated heterocycles. The number of ether oxygens (including phenoxy) is 1. The molecular weight excluding hydrogens is 314 g/mol. The predicted molar refractivity (Wildman–Crippen MR) is 88.1 cm³/mol. The standard InChI is InChI=1S/C17H26BrNO/c1-12(2)15-6-4-5-7-16(15)19-11-13-10-14(18)8-9-17(13)20-3/h8-10,12,15-16,19H,4-7,11H2,1-3H3. The normalized spacial score (nSPS) is 23.1. The summed E-state index contributed by atoms with van der Waals surface area (Å²) in [7, 11) is 1.74. The zero-order chi connectivity index (χ0) is 14.5. The minimum Gasteiger partial charge on any atom is -0.496 e. The number of hydrogen-bond acceptors (Lipinski definition) is 2. The van der Waals surface area contributed by atoms with E-state index in [0.29, 0.717) is 6.04 Å². The molecule has 0 aromatic heterocycles. The minimum absolute atomic E-state index is 0.646. The van der Waals surface area contributed by atoms with Crippen molar-refractivity contribution in [1.29, 1.82) is 0 Å². The second-order valence-corrected chi connectivity index (χ2v) is 7.05. The summed E-state index contributed by atoms with van der Waals surface area (Å²) in [4.78, 5) is 0. The van der Waals surface area contributed by atoms with Gasteiger partial charge in [-0.25, -0.2) is 0 Å². The van der Waals surface area contributed by atoms with Crippen LogP contribution >= 0.6 is 15.9 Å². The second kappa shape index (κ2) is 7.46. The van der Waals surface area contributed by atoms with Gasteiger partial charge in [-0.05, 0) is 42.9 Å². The molecule has 1 aliphatic rings. The molecule has 1 aliphatic carbocycles. The van der Waals surface area contributed by atoms with Crippen LogP contribution in [0.2, 0.25) is 0 Å². The number of nitrogens with one attached hydrogen (secondary N) is 1. The van der Waals surface area contributed by atoms with E-state index in [1.54, 1.807) is 7.11 Å². The van der Waals surface area contributed by atoms with Gasteiger partial charge in [-0.2, -0.15) is 0 Å². The van der Waals surface area contributed by atoms with Crippen LogP contribution in [-0.4, -0.2) is 13.2 Å². The van der Waals surface area contributed by atoms with Gasteiger partial charge in [0.25, 0.3) is 0 Å². The lowest BCUT2D eigenvalue weighted by molar-refractivity contribution is 0.204. The molecule has 0 aliphatic heterocycles. The summed E-state index contributed by atoms with van der Waals surface area (Å²) in [5.74, 6) is 2.54. The zero-order valence-electron chi connectivity index (χ0n) is 12.8. The summed E-state index contributed by atoms with van der Waals surface area (Å²) in [6.07, 6.45) is 5.42. The van der Waals surface area contributed by atoms with Crippen molar-refractivity contribution in [3.05, 3.63) is 28.2 Å². The first-order valence-corrected chi connectivity index (χ1v) is 8.47. The van der Waals surface area contributed by atoms with E-state index in [0.717, 1.165) is 28.6 Å². The molecule has 1 N–H and O–H groups in total. The molecule has 0 amide bonds. The van der Waals surface area contributed by atoms with E-state index in [2.05, 4.69) is 41.2 Å². The monoisotopic (exact) mass is 339 g/mol. The van der Waals surface area contributed by atoms with Gasteiger partial charge >= 0.3 is 0 Å². The van der Waals surface area contributed by atoms with Crippen LogP contribution in [-0.2, 0) is 6.54 Å². The quantitative estimate of drug-likeness (QED) is 0.834. The van der Waals surface area contributed by atoms with Crippen LogP contribution in [0.4, 0.5) is 0 Å². The summed E-state index contributed by atoms with van der Waals surface area (Å²) in [5, 5.41) is 3.77. The van der Waals surface area contributed by atoms with Crippen LogP contribution < -0.4 is 10.1 Å². The van der Waals surface area contributed by atoms with Crippen LogP contribution in [0.15, 0.2) is 22.7 Å². The molecule has 1 aromatic rings. The molecule has 0 bridgehead atoms. The first-order valence-electron chi connectivity index (χ1n) is 7.67. The van der Waals surface area contributed by atoms with Gasteiger partial charge in [0.05, 0.1) is 7.11 Å². The van der Waals surface area contributed by atoms with Crippen molar-refractivity contribution in [2.75, 3.05) is 7.11 Å². The highest BCUT2D eigenvalue weighted by atomic mass is 79.9. The number of methoxy groups -OCH3 is 1. The predicted octanol–water partition coefficient (Wildman–Crippen LogP) is 4.76. The van der Waals surface area contributed by atoms with E-state index in [9.17, 15) is 0 Å². The Morgan fingerprint density at radius 1 is 1.30 bits per heavy atom. The summed E-state index contributed by atoms with van der Waals surface area (Å²) in [6.45, 7) is 5.59. The van der Waals surface area contributed by atoms with Crippen molar-refractivity contribution in [3.8, 4) is 5.75 Å². The smallest absolute Gasteiger partial charge is 0.123 e. The molecule has 2 nitrogen and oxygen atoms in total. The molecule has 1 fully saturated rings. The van der Waals surface area contributed by atoms with E-state index in [1.165, 1.54) is 31.2 Å². The van der Waals surface area contributed by atoms with E-state index in [-0.39, 0.29) is 0 Å². The van der Waals surface area contributed by atoms with Gasteiger partial charge in [-0.15, -0.1) is 0 Å². The Labute approximate surface area is 131 Å². The third-order valence-corrected chi connectivity index (χ3v) is 4.97. The average molecular weight is 340 g/mol. The molecule has 1 saturated carbocycles. The molecule has 20 heavy (non-hydrogen) atoms. The Kier molecular flexibility index (Phi) is 5.91. The fourth-order valence-corrected chi connectivity index (χ4v) is 3.75. The van der Waals surface area contributed by atoms with Crippen molar-refractivity contribution in [2.24, 2.45) is 11.8 Å². The number of halogens is 1. The van der Waals surface area contributed by atoms with Crippen molar-refractivity contribution < 1.29 is 4.74 Å². The molecule has 0 radical (unpaired) electrons. The lowest BCUT2D eigenvalue weighted by Gasteiger charge is -2.35. The Morgan fingerprint density at radius 2 is 2.05 bits per heavy atom. The maximum Gasteiger partial charge on any atom is 0.123 e. The van der Waals surface area contributed by atoms with Crippen molar-refractivity contribution in [2.45, 2.75) is 52.1 Å². The molecule has 2 unspecified atom stereocenters. The molecule has 2 rings (SSSR count). The van der Waals surface area contributed by atoms with E-state index in [1.807, 2.05) is 12.1 Å². The SMILES string of the molecule is COc1ccc(Br)cc1CNC1CCCCC1C(C)C. The van der Waals surface area contributed by atoms with Crippen molar-refractivity contribution >= 4 is 15.9 Å². The van der Waals surface area contributed by atoms with Gasteiger partial charge in [0.15, 0.2) is 0 Å². The van der Waals surface area contributed by atoms with Gasteiger partial charge in [0.2, 0.25) is 0 Å². The van der Waals surface area contributed by atoms with Crippen molar-refractivity contribution in [1.82, 2.24) is 5.32 Å². The van der Waals surface area contributed by atoms with Gasteiger partial charge in [-0.3, -0.25) is 0 Å². The maximum atomic E-state index is 5.45. The van der Waals surface area contributed by atoms with Crippen LogP contribution in [0.3, 0.4) is 0 Å². The molecular formula is C17H26BrNO.